The Morgan fingerprint density at radius 2 is 2.08 bits per heavy atom. The number of thioether (sulfide) groups is 1. The fourth-order valence-electron chi connectivity index (χ4n) is 4.79. The van der Waals surface area contributed by atoms with Crippen molar-refractivity contribution in [2.75, 3.05) is 16.0 Å². The first-order valence-electron chi connectivity index (χ1n) is 11.9. The molecule has 0 spiro atoms. The van der Waals surface area contributed by atoms with Gasteiger partial charge in [0.2, 0.25) is 11.0 Å². The highest BCUT2D eigenvalue weighted by Gasteiger charge is 2.45. The van der Waals surface area contributed by atoms with Gasteiger partial charge in [0.25, 0.3) is 0 Å². The number of aromatic nitrogens is 3. The lowest BCUT2D eigenvalue weighted by Crippen LogP contribution is -2.42. The molecular weight excluding hydrogens is 522 g/mol. The molecule has 1 aromatic carbocycles. The van der Waals surface area contributed by atoms with Gasteiger partial charge in [-0.05, 0) is 24.3 Å². The van der Waals surface area contributed by atoms with Crippen molar-refractivity contribution in [3.8, 4) is 6.07 Å². The summed E-state index contributed by atoms with van der Waals surface area (Å²) in [7, 11) is 0. The number of allylic oxidation sites excluding steroid dienone is 3. The van der Waals surface area contributed by atoms with Crippen molar-refractivity contribution in [2.24, 2.45) is 11.1 Å². The average molecular weight is 548 g/mol. The van der Waals surface area contributed by atoms with Gasteiger partial charge in [0.1, 0.15) is 11.6 Å². The molecule has 194 valence electrons. The van der Waals surface area contributed by atoms with Gasteiger partial charge in [-0.1, -0.05) is 72.4 Å². The first-order chi connectivity index (χ1) is 18.2. The van der Waals surface area contributed by atoms with E-state index in [0.29, 0.717) is 45.0 Å². The van der Waals surface area contributed by atoms with Crippen molar-refractivity contribution in [2.45, 2.75) is 43.9 Å². The molecule has 12 heteroatoms. The fraction of sp³-hybridized carbons (Fsp3) is 0.308. The zero-order valence-electron chi connectivity index (χ0n) is 21.0. The topological polar surface area (TPSA) is 151 Å². The number of nitrogens with two attached hydrogens (primary N) is 1. The van der Waals surface area contributed by atoms with Crippen LogP contribution in [-0.4, -0.2) is 32.8 Å². The third kappa shape index (κ3) is 4.94. The number of nitriles is 1. The maximum atomic E-state index is 13.6. The van der Waals surface area contributed by atoms with E-state index in [2.05, 4.69) is 26.7 Å². The molecule has 2 aromatic heterocycles. The molecular formula is C26H25N7O3S2. The van der Waals surface area contributed by atoms with E-state index in [1.807, 2.05) is 44.2 Å². The molecule has 1 aliphatic heterocycles. The zero-order valence-corrected chi connectivity index (χ0v) is 22.7. The Morgan fingerprint density at radius 1 is 1.32 bits per heavy atom. The number of hydrogen-bond donors (Lipinski definition) is 2. The number of hydrogen-bond acceptors (Lipinski definition) is 11. The third-order valence-corrected chi connectivity index (χ3v) is 8.36. The smallest absolute Gasteiger partial charge is 0.236 e. The molecule has 0 radical (unpaired) electrons. The number of Topliss-reactive ketones (excluding diaryl/α,β-unsaturated/α-hetero) is 1. The minimum atomic E-state index is -0.540. The Labute approximate surface area is 227 Å². The van der Waals surface area contributed by atoms with Crippen LogP contribution in [0.4, 0.5) is 10.9 Å². The van der Waals surface area contributed by atoms with E-state index in [0.717, 1.165) is 11.3 Å². The number of carbonyl (C=O) groups is 2. The normalized spacial score (nSPS) is 18.8. The van der Waals surface area contributed by atoms with Crippen LogP contribution in [0.1, 0.15) is 43.9 Å². The van der Waals surface area contributed by atoms with Gasteiger partial charge in [-0.3, -0.25) is 14.5 Å². The maximum Gasteiger partial charge on any atom is 0.236 e. The Kier molecular flexibility index (Phi) is 6.81. The lowest BCUT2D eigenvalue weighted by molar-refractivity contribution is -0.118. The summed E-state index contributed by atoms with van der Waals surface area (Å²) in [4.78, 5) is 27.6. The number of nitrogens with one attached hydrogen (secondary N) is 1. The minimum absolute atomic E-state index is 0.00534. The van der Waals surface area contributed by atoms with Crippen molar-refractivity contribution in [1.82, 2.24) is 15.4 Å². The standard InChI is InChI=1S/C26H25N7O3S2/c1-14-9-19(32-36-14)29-20(35)13-37-25-31-30-24(38-25)33-17-10-26(2,3)11-18(34)22(17)21(16(12-27)23(33)28)15-7-5-4-6-8-15/h4-9,21H,10-11,13,28H2,1-3H3,(H,29,32,35). The van der Waals surface area contributed by atoms with Crippen LogP contribution in [0.5, 0.6) is 0 Å². The molecule has 0 saturated carbocycles. The van der Waals surface area contributed by atoms with Crippen LogP contribution in [0.2, 0.25) is 0 Å². The van der Waals surface area contributed by atoms with Gasteiger partial charge in [-0.15, -0.1) is 10.2 Å². The van der Waals surface area contributed by atoms with Crippen molar-refractivity contribution >= 4 is 45.7 Å². The molecule has 0 fully saturated rings. The summed E-state index contributed by atoms with van der Waals surface area (Å²) < 4.78 is 5.51. The molecule has 1 aliphatic carbocycles. The van der Waals surface area contributed by atoms with Crippen LogP contribution in [0.15, 0.2) is 67.9 Å². The molecule has 3 heterocycles. The molecule has 1 atom stereocenters. The Balaban J connectivity index is 1.47. The van der Waals surface area contributed by atoms with Crippen LogP contribution < -0.4 is 16.0 Å². The SMILES string of the molecule is Cc1cc(NC(=O)CSc2nnc(N3C(N)=C(C#N)C(c4ccccc4)C4=C3CC(C)(C)CC4=O)s2)no1. The lowest BCUT2D eigenvalue weighted by atomic mass is 9.69. The van der Waals surface area contributed by atoms with E-state index in [-0.39, 0.29) is 28.7 Å². The number of carbonyl (C=O) groups excluding carboxylic acids is 2. The van der Waals surface area contributed by atoms with Gasteiger partial charge in [0, 0.05) is 23.8 Å². The molecule has 2 aliphatic rings. The van der Waals surface area contributed by atoms with Crippen LogP contribution in [0, 0.1) is 23.7 Å². The van der Waals surface area contributed by atoms with Gasteiger partial charge >= 0.3 is 0 Å². The van der Waals surface area contributed by atoms with E-state index in [1.54, 1.807) is 17.9 Å². The maximum absolute atomic E-state index is 13.6. The second-order valence-electron chi connectivity index (χ2n) is 9.90. The second-order valence-corrected chi connectivity index (χ2v) is 12.1. The summed E-state index contributed by atoms with van der Waals surface area (Å²) in [6.45, 7) is 5.82. The monoisotopic (exact) mass is 547 g/mol. The van der Waals surface area contributed by atoms with Gasteiger partial charge < -0.3 is 15.6 Å². The van der Waals surface area contributed by atoms with Crippen LogP contribution in [0.3, 0.4) is 0 Å². The van der Waals surface area contributed by atoms with Crippen molar-refractivity contribution in [1.29, 1.82) is 5.26 Å². The summed E-state index contributed by atoms with van der Waals surface area (Å²) in [6, 6.07) is 13.4. The van der Waals surface area contributed by atoms with Crippen molar-refractivity contribution in [3.05, 3.63) is 70.4 Å². The van der Waals surface area contributed by atoms with Crippen molar-refractivity contribution < 1.29 is 14.1 Å². The zero-order chi connectivity index (χ0) is 27.0. The van der Waals surface area contributed by atoms with E-state index in [9.17, 15) is 14.9 Å². The first-order valence-corrected chi connectivity index (χ1v) is 13.7. The number of nitrogens with zero attached hydrogens (tertiary/aromatic N) is 5. The number of aryl methyl sites for hydroxylation is 1. The predicted molar refractivity (Wildman–Crippen MR) is 144 cm³/mol. The number of amides is 1. The highest BCUT2D eigenvalue weighted by Crippen LogP contribution is 2.50. The van der Waals surface area contributed by atoms with Crippen LogP contribution in [0.25, 0.3) is 0 Å². The Hall–Kier alpha value is -3.95. The quantitative estimate of drug-likeness (QED) is 0.422. The molecule has 1 unspecified atom stereocenters. The van der Waals surface area contributed by atoms with Crippen LogP contribution in [-0.2, 0) is 9.59 Å². The molecule has 1 amide bonds. The number of benzene rings is 1. The lowest BCUT2D eigenvalue weighted by Gasteiger charge is -2.42. The molecule has 3 aromatic rings. The van der Waals surface area contributed by atoms with Gasteiger partial charge in [0.15, 0.2) is 15.9 Å². The predicted octanol–water partition coefficient (Wildman–Crippen LogP) is 4.51. The molecule has 3 N–H and O–H groups in total. The third-order valence-electron chi connectivity index (χ3n) is 6.32. The van der Waals surface area contributed by atoms with Crippen molar-refractivity contribution in [3.63, 3.8) is 0 Å². The summed E-state index contributed by atoms with van der Waals surface area (Å²) in [6.07, 6.45) is 0.956. The number of rotatable bonds is 6. The summed E-state index contributed by atoms with van der Waals surface area (Å²) in [5, 5.41) is 25.6. The molecule has 5 rings (SSSR count). The molecule has 0 saturated heterocycles. The first kappa shape index (κ1) is 25.7. The van der Waals surface area contributed by atoms with Crippen LogP contribution >= 0.6 is 23.1 Å². The molecule has 0 bridgehead atoms. The van der Waals surface area contributed by atoms with E-state index in [4.69, 9.17) is 10.3 Å². The summed E-state index contributed by atoms with van der Waals surface area (Å²) in [5.74, 6) is 0.453. The molecule has 38 heavy (non-hydrogen) atoms. The van der Waals surface area contributed by atoms with E-state index in [1.165, 1.54) is 23.1 Å². The Bertz CT molecular complexity index is 1510. The second kappa shape index (κ2) is 10.1. The van der Waals surface area contributed by atoms with E-state index < -0.39 is 5.92 Å². The Morgan fingerprint density at radius 3 is 2.76 bits per heavy atom. The fourth-order valence-corrected chi connectivity index (χ4v) is 6.47. The number of anilines is 2. The van der Waals surface area contributed by atoms with Gasteiger partial charge in [0.05, 0.1) is 23.3 Å². The van der Waals surface area contributed by atoms with Gasteiger partial charge in [-0.25, -0.2) is 0 Å². The highest BCUT2D eigenvalue weighted by atomic mass is 32.2. The summed E-state index contributed by atoms with van der Waals surface area (Å²) >= 11 is 2.46. The van der Waals surface area contributed by atoms with Gasteiger partial charge in [-0.2, -0.15) is 5.26 Å². The highest BCUT2D eigenvalue weighted by molar-refractivity contribution is 8.01. The number of ketones is 1. The average Bonchev–Trinajstić information content (AvgIpc) is 3.50. The largest absolute Gasteiger partial charge is 0.384 e. The van der Waals surface area contributed by atoms with E-state index >= 15 is 0 Å². The minimum Gasteiger partial charge on any atom is -0.384 e. The summed E-state index contributed by atoms with van der Waals surface area (Å²) in [5.41, 5.74) is 8.81. The molecule has 10 nitrogen and oxygen atoms in total.